The minimum atomic E-state index is -3.62. The molecule has 0 bridgehead atoms. The van der Waals surface area contributed by atoms with E-state index in [0.29, 0.717) is 12.8 Å². The molecule has 1 heterocycles. The summed E-state index contributed by atoms with van der Waals surface area (Å²) in [6.45, 7) is 2.56. The molecule has 2 aromatic rings. The number of piperidine rings is 1. The van der Waals surface area contributed by atoms with Gasteiger partial charge >= 0.3 is 0 Å². The van der Waals surface area contributed by atoms with Gasteiger partial charge in [-0.1, -0.05) is 36.4 Å². The number of amides is 1. The number of sulfonamides is 1. The van der Waals surface area contributed by atoms with Crippen LogP contribution in [0.4, 0.5) is 4.39 Å². The van der Waals surface area contributed by atoms with Crippen LogP contribution in [0.25, 0.3) is 0 Å². The molecule has 32 heavy (non-hydrogen) atoms. The van der Waals surface area contributed by atoms with Crippen molar-refractivity contribution in [2.24, 2.45) is 5.92 Å². The van der Waals surface area contributed by atoms with Crippen LogP contribution in [-0.2, 0) is 33.4 Å². The lowest BCUT2D eigenvalue weighted by atomic mass is 9.89. The number of carbonyl (C=O) groups is 1. The van der Waals surface area contributed by atoms with Gasteiger partial charge in [0.05, 0.1) is 11.8 Å². The Morgan fingerprint density at radius 1 is 1.09 bits per heavy atom. The van der Waals surface area contributed by atoms with Crippen molar-refractivity contribution in [3.8, 4) is 0 Å². The molecule has 1 saturated heterocycles. The third kappa shape index (κ3) is 5.21. The Bertz CT molecular complexity index is 1080. The number of hydrogen-bond donors (Lipinski definition) is 1. The lowest BCUT2D eigenvalue weighted by Gasteiger charge is -2.31. The third-order valence-corrected chi connectivity index (χ3v) is 8.57. The van der Waals surface area contributed by atoms with Crippen LogP contribution in [0, 0.1) is 11.7 Å². The Labute approximate surface area is 190 Å². The molecule has 0 aromatic heterocycles. The van der Waals surface area contributed by atoms with Crippen LogP contribution in [-0.4, -0.2) is 31.7 Å². The van der Waals surface area contributed by atoms with E-state index in [4.69, 9.17) is 0 Å². The average molecular weight is 459 g/mol. The van der Waals surface area contributed by atoms with Crippen molar-refractivity contribution in [2.75, 3.05) is 13.1 Å². The third-order valence-electron chi connectivity index (χ3n) is 6.75. The number of fused-ring (bicyclic) bond motifs is 1. The van der Waals surface area contributed by atoms with Gasteiger partial charge in [-0.05, 0) is 68.2 Å². The summed E-state index contributed by atoms with van der Waals surface area (Å²) in [6.07, 6.45) is 5.64. The SMILES string of the molecule is C[C@H](NC(=O)C1CCN(S(=O)(=O)Cc2ccccc2F)CC1)c1ccc2c(c1)CCCC2. The van der Waals surface area contributed by atoms with Gasteiger partial charge in [0.15, 0.2) is 0 Å². The molecule has 1 N–H and O–H groups in total. The molecule has 4 rings (SSSR count). The maximum absolute atomic E-state index is 13.9. The van der Waals surface area contributed by atoms with E-state index in [1.165, 1.54) is 40.4 Å². The fourth-order valence-corrected chi connectivity index (χ4v) is 6.31. The Balaban J connectivity index is 1.32. The highest BCUT2D eigenvalue weighted by Crippen LogP contribution is 2.26. The Morgan fingerprint density at radius 3 is 2.50 bits per heavy atom. The summed E-state index contributed by atoms with van der Waals surface area (Å²) >= 11 is 0. The van der Waals surface area contributed by atoms with Gasteiger partial charge in [-0.3, -0.25) is 4.79 Å². The smallest absolute Gasteiger partial charge is 0.223 e. The molecule has 2 aromatic carbocycles. The molecule has 1 atom stereocenters. The van der Waals surface area contributed by atoms with Crippen LogP contribution in [0.5, 0.6) is 0 Å². The summed E-state index contributed by atoms with van der Waals surface area (Å²) < 4.78 is 40.7. The maximum atomic E-state index is 13.9. The first kappa shape index (κ1) is 22.9. The van der Waals surface area contributed by atoms with Gasteiger partial charge in [0, 0.05) is 24.6 Å². The van der Waals surface area contributed by atoms with Crippen LogP contribution < -0.4 is 5.32 Å². The monoisotopic (exact) mass is 458 g/mol. The zero-order valence-corrected chi connectivity index (χ0v) is 19.3. The van der Waals surface area contributed by atoms with Crippen molar-refractivity contribution < 1.29 is 17.6 Å². The molecule has 1 aliphatic heterocycles. The molecule has 1 aliphatic carbocycles. The van der Waals surface area contributed by atoms with Crippen LogP contribution in [0.15, 0.2) is 42.5 Å². The maximum Gasteiger partial charge on any atom is 0.223 e. The first-order valence-corrected chi connectivity index (χ1v) is 13.1. The molecule has 0 radical (unpaired) electrons. The molecular formula is C25H31FN2O3S. The van der Waals surface area contributed by atoms with Gasteiger partial charge in [0.25, 0.3) is 0 Å². The summed E-state index contributed by atoms with van der Waals surface area (Å²) in [5, 5.41) is 3.12. The number of benzene rings is 2. The van der Waals surface area contributed by atoms with E-state index in [0.717, 1.165) is 18.4 Å². The number of hydrogen-bond acceptors (Lipinski definition) is 3. The summed E-state index contributed by atoms with van der Waals surface area (Å²) in [5.41, 5.74) is 4.10. The number of halogens is 1. The first-order chi connectivity index (χ1) is 15.3. The van der Waals surface area contributed by atoms with Crippen LogP contribution >= 0.6 is 0 Å². The standard InChI is InChI=1S/C25H31FN2O3S/c1-18(21-11-10-19-6-2-3-7-22(19)16-21)27-25(29)20-12-14-28(15-13-20)32(30,31)17-23-8-4-5-9-24(23)26/h4-5,8-11,16,18,20H,2-3,6-7,12-15,17H2,1H3,(H,27,29)/t18-/m0/s1. The molecule has 2 aliphatic rings. The Morgan fingerprint density at radius 2 is 1.78 bits per heavy atom. The van der Waals surface area contributed by atoms with Gasteiger partial charge in [0.2, 0.25) is 15.9 Å². The predicted molar refractivity (Wildman–Crippen MR) is 123 cm³/mol. The molecule has 0 unspecified atom stereocenters. The fraction of sp³-hybridized carbons (Fsp3) is 0.480. The Hall–Kier alpha value is -2.25. The van der Waals surface area contributed by atoms with Crippen LogP contribution in [0.3, 0.4) is 0 Å². The second kappa shape index (κ2) is 9.71. The highest BCUT2D eigenvalue weighted by molar-refractivity contribution is 7.88. The molecule has 172 valence electrons. The second-order valence-electron chi connectivity index (χ2n) is 8.99. The lowest BCUT2D eigenvalue weighted by molar-refractivity contribution is -0.126. The fourth-order valence-electron chi connectivity index (χ4n) is 4.74. The summed E-state index contributed by atoms with van der Waals surface area (Å²) in [7, 11) is -3.62. The zero-order valence-electron chi connectivity index (χ0n) is 18.5. The van der Waals surface area contributed by atoms with E-state index in [2.05, 4.69) is 23.5 Å². The van der Waals surface area contributed by atoms with Crippen molar-refractivity contribution in [2.45, 2.75) is 57.2 Å². The normalized spacial score (nSPS) is 18.7. The van der Waals surface area contributed by atoms with Gasteiger partial charge < -0.3 is 5.32 Å². The quantitative estimate of drug-likeness (QED) is 0.708. The van der Waals surface area contributed by atoms with Crippen molar-refractivity contribution in [1.29, 1.82) is 0 Å². The number of nitrogens with zero attached hydrogens (tertiary/aromatic N) is 1. The van der Waals surface area contributed by atoms with E-state index in [1.807, 2.05) is 6.92 Å². The van der Waals surface area contributed by atoms with Gasteiger partial charge in [0.1, 0.15) is 5.82 Å². The largest absolute Gasteiger partial charge is 0.349 e. The number of nitrogens with one attached hydrogen (secondary N) is 1. The molecule has 7 heteroatoms. The topological polar surface area (TPSA) is 66.5 Å². The van der Waals surface area contributed by atoms with E-state index >= 15 is 0 Å². The molecule has 1 amide bonds. The summed E-state index contributed by atoms with van der Waals surface area (Å²) in [5.74, 6) is -1.11. The van der Waals surface area contributed by atoms with Gasteiger partial charge in [-0.25, -0.2) is 17.1 Å². The van der Waals surface area contributed by atoms with Crippen LogP contribution in [0.2, 0.25) is 0 Å². The molecule has 0 saturated carbocycles. The number of carbonyl (C=O) groups excluding carboxylic acids is 1. The molecule has 5 nitrogen and oxygen atoms in total. The number of rotatable bonds is 6. The van der Waals surface area contributed by atoms with Gasteiger partial charge in [-0.2, -0.15) is 0 Å². The van der Waals surface area contributed by atoms with Crippen molar-refractivity contribution in [3.63, 3.8) is 0 Å². The van der Waals surface area contributed by atoms with Gasteiger partial charge in [-0.15, -0.1) is 0 Å². The highest BCUT2D eigenvalue weighted by atomic mass is 32.2. The predicted octanol–water partition coefficient (Wildman–Crippen LogP) is 4.12. The minimum absolute atomic E-state index is 0.0265. The summed E-state index contributed by atoms with van der Waals surface area (Å²) in [4.78, 5) is 12.8. The van der Waals surface area contributed by atoms with Crippen molar-refractivity contribution in [3.05, 3.63) is 70.5 Å². The average Bonchev–Trinajstić information content (AvgIpc) is 2.80. The van der Waals surface area contributed by atoms with Crippen LogP contribution in [0.1, 0.15) is 60.9 Å². The van der Waals surface area contributed by atoms with Crippen molar-refractivity contribution >= 4 is 15.9 Å². The summed E-state index contributed by atoms with van der Waals surface area (Å²) in [6, 6.07) is 12.4. The molecule has 0 spiro atoms. The molecular weight excluding hydrogens is 427 g/mol. The van der Waals surface area contributed by atoms with E-state index in [9.17, 15) is 17.6 Å². The van der Waals surface area contributed by atoms with Crippen molar-refractivity contribution in [1.82, 2.24) is 9.62 Å². The molecule has 1 fully saturated rings. The number of aryl methyl sites for hydroxylation is 2. The minimum Gasteiger partial charge on any atom is -0.349 e. The zero-order chi connectivity index (χ0) is 22.7. The van der Waals surface area contributed by atoms with E-state index in [1.54, 1.807) is 12.1 Å². The van der Waals surface area contributed by atoms with E-state index < -0.39 is 15.8 Å². The first-order valence-electron chi connectivity index (χ1n) is 11.5. The van der Waals surface area contributed by atoms with E-state index in [-0.39, 0.29) is 42.3 Å². The lowest BCUT2D eigenvalue weighted by Crippen LogP contribution is -2.43. The second-order valence-corrected chi connectivity index (χ2v) is 11.0. The highest BCUT2D eigenvalue weighted by Gasteiger charge is 2.32. The Kier molecular flexibility index (Phi) is 6.96.